The lowest BCUT2D eigenvalue weighted by atomic mass is 10.1. The monoisotopic (exact) mass is 518 g/mol. The Labute approximate surface area is 221 Å². The average molecular weight is 519 g/mol. The first kappa shape index (κ1) is 27.0. The smallest absolute Gasteiger partial charge is 0.412 e. The number of ether oxygens (including phenoxy) is 2. The summed E-state index contributed by atoms with van der Waals surface area (Å²) in [4.78, 5) is 26.5. The van der Waals surface area contributed by atoms with Crippen LogP contribution in [0.15, 0.2) is 69.9 Å². The van der Waals surface area contributed by atoms with Gasteiger partial charge >= 0.3 is 6.09 Å². The van der Waals surface area contributed by atoms with E-state index in [1.54, 1.807) is 30.3 Å². The molecule has 2 N–H and O–H groups in total. The van der Waals surface area contributed by atoms with Crippen LogP contribution in [0.1, 0.15) is 38.2 Å². The molecule has 0 aliphatic carbocycles. The number of aromatic hydroxyl groups is 1. The van der Waals surface area contributed by atoms with Crippen LogP contribution in [-0.4, -0.2) is 42.8 Å². The zero-order chi connectivity index (χ0) is 26.9. The highest BCUT2D eigenvalue weighted by Gasteiger charge is 2.13. The molecule has 0 radical (unpaired) electrons. The summed E-state index contributed by atoms with van der Waals surface area (Å²) in [5.74, 6) is 0.876. The number of para-hydroxylation sites is 1. The number of rotatable bonds is 12. The molecule has 0 bridgehead atoms. The van der Waals surface area contributed by atoms with Crippen molar-refractivity contribution in [3.05, 3.63) is 76.5 Å². The lowest BCUT2D eigenvalue weighted by Gasteiger charge is -2.17. The third kappa shape index (κ3) is 7.04. The SMILES string of the molecule is CCNC(=O)Oc1ccc(CN(C)CCCCCCOc2cc(O)c3c(=O)c4ccccc4oc3c2)cc1. The molecule has 1 heterocycles. The molecule has 0 aliphatic heterocycles. The van der Waals surface area contributed by atoms with Crippen LogP contribution in [0, 0.1) is 0 Å². The highest BCUT2D eigenvalue weighted by atomic mass is 16.6. The van der Waals surface area contributed by atoms with Crippen LogP contribution in [-0.2, 0) is 6.54 Å². The van der Waals surface area contributed by atoms with Crippen LogP contribution >= 0.6 is 0 Å². The molecule has 4 aromatic rings. The van der Waals surface area contributed by atoms with E-state index in [2.05, 4.69) is 17.3 Å². The second-order valence-corrected chi connectivity index (χ2v) is 9.31. The van der Waals surface area contributed by atoms with E-state index in [9.17, 15) is 14.7 Å². The standard InChI is InChI=1S/C30H34N2O6/c1-3-31-30(35)37-22-14-12-21(13-15-22)20-32(2)16-8-4-5-9-17-36-23-18-25(33)28-27(19-23)38-26-11-7-6-10-24(26)29(28)34/h6-7,10-15,18-19,33H,3-5,8-9,16-17,20H2,1-2H3,(H,31,35). The van der Waals surface area contributed by atoms with Gasteiger partial charge in [-0.25, -0.2) is 4.79 Å². The lowest BCUT2D eigenvalue weighted by molar-refractivity contribution is 0.201. The molecule has 0 atom stereocenters. The minimum atomic E-state index is -0.444. The summed E-state index contributed by atoms with van der Waals surface area (Å²) in [6.45, 7) is 4.69. The van der Waals surface area contributed by atoms with Crippen molar-refractivity contribution in [3.8, 4) is 17.2 Å². The highest BCUT2D eigenvalue weighted by Crippen LogP contribution is 2.30. The largest absolute Gasteiger partial charge is 0.507 e. The van der Waals surface area contributed by atoms with E-state index >= 15 is 0 Å². The van der Waals surface area contributed by atoms with Crippen LogP contribution in [0.5, 0.6) is 17.2 Å². The maximum atomic E-state index is 12.7. The minimum absolute atomic E-state index is 0.135. The van der Waals surface area contributed by atoms with E-state index in [-0.39, 0.29) is 16.6 Å². The Morgan fingerprint density at radius 1 is 0.974 bits per heavy atom. The van der Waals surface area contributed by atoms with Gasteiger partial charge in [0.25, 0.3) is 0 Å². The van der Waals surface area contributed by atoms with Crippen molar-refractivity contribution >= 4 is 28.0 Å². The molecular weight excluding hydrogens is 484 g/mol. The van der Waals surface area contributed by atoms with E-state index in [4.69, 9.17) is 13.9 Å². The van der Waals surface area contributed by atoms with Gasteiger partial charge in [0.15, 0.2) is 0 Å². The first-order valence-corrected chi connectivity index (χ1v) is 13.0. The summed E-state index contributed by atoms with van der Waals surface area (Å²) in [6.07, 6.45) is 3.62. The van der Waals surface area contributed by atoms with E-state index in [0.29, 0.717) is 41.2 Å². The van der Waals surface area contributed by atoms with E-state index in [1.165, 1.54) is 6.07 Å². The number of phenols is 1. The number of phenolic OH excluding ortho intramolecular Hbond substituents is 1. The third-order valence-corrected chi connectivity index (χ3v) is 6.24. The van der Waals surface area contributed by atoms with Gasteiger partial charge < -0.3 is 29.2 Å². The van der Waals surface area contributed by atoms with Crippen molar-refractivity contribution in [3.63, 3.8) is 0 Å². The summed E-state index contributed by atoms with van der Waals surface area (Å²) in [5, 5.41) is 13.6. The molecule has 200 valence electrons. The predicted molar refractivity (Wildman–Crippen MR) is 148 cm³/mol. The van der Waals surface area contributed by atoms with Crippen molar-refractivity contribution < 1.29 is 23.8 Å². The van der Waals surface area contributed by atoms with Crippen LogP contribution in [0.2, 0.25) is 0 Å². The van der Waals surface area contributed by atoms with E-state index in [1.807, 2.05) is 31.2 Å². The summed E-state index contributed by atoms with van der Waals surface area (Å²) in [6, 6.07) is 17.7. The summed E-state index contributed by atoms with van der Waals surface area (Å²) in [5.41, 5.74) is 1.70. The van der Waals surface area contributed by atoms with Crippen molar-refractivity contribution in [2.24, 2.45) is 0 Å². The number of carbonyl (C=O) groups excluding carboxylic acids is 1. The Bertz CT molecular complexity index is 1430. The van der Waals surface area contributed by atoms with Gasteiger partial charge in [0.2, 0.25) is 5.43 Å². The molecule has 8 heteroatoms. The Morgan fingerprint density at radius 3 is 2.53 bits per heavy atom. The van der Waals surface area contributed by atoms with Crippen molar-refractivity contribution in [1.29, 1.82) is 0 Å². The normalized spacial score (nSPS) is 11.2. The van der Waals surface area contributed by atoms with Gasteiger partial charge in [-0.1, -0.05) is 37.1 Å². The molecule has 0 aliphatic rings. The second kappa shape index (κ2) is 13.0. The second-order valence-electron chi connectivity index (χ2n) is 9.31. The molecule has 0 spiro atoms. The number of carbonyl (C=O) groups is 1. The molecule has 0 fully saturated rings. The number of hydrogen-bond donors (Lipinski definition) is 2. The van der Waals surface area contributed by atoms with Crippen LogP contribution in [0.4, 0.5) is 4.79 Å². The predicted octanol–water partition coefficient (Wildman–Crippen LogP) is 5.83. The molecule has 0 saturated heterocycles. The minimum Gasteiger partial charge on any atom is -0.507 e. The Kier molecular flexibility index (Phi) is 9.21. The van der Waals surface area contributed by atoms with Gasteiger partial charge in [-0.2, -0.15) is 0 Å². The molecule has 3 aromatic carbocycles. The number of unbranched alkanes of at least 4 members (excludes halogenated alkanes) is 3. The molecule has 1 amide bonds. The fourth-order valence-electron chi connectivity index (χ4n) is 4.33. The molecule has 38 heavy (non-hydrogen) atoms. The van der Waals surface area contributed by atoms with E-state index < -0.39 is 6.09 Å². The van der Waals surface area contributed by atoms with Crippen molar-refractivity contribution in [2.75, 3.05) is 26.7 Å². The van der Waals surface area contributed by atoms with Crippen LogP contribution < -0.4 is 20.2 Å². The number of nitrogens with zero attached hydrogens (tertiary/aromatic N) is 1. The van der Waals surface area contributed by atoms with Crippen molar-refractivity contribution in [2.45, 2.75) is 39.2 Å². The fourth-order valence-corrected chi connectivity index (χ4v) is 4.33. The average Bonchev–Trinajstić information content (AvgIpc) is 2.89. The Balaban J connectivity index is 1.16. The molecule has 4 rings (SSSR count). The Morgan fingerprint density at radius 2 is 1.74 bits per heavy atom. The molecule has 1 aromatic heterocycles. The van der Waals surface area contributed by atoms with Gasteiger partial charge in [0.05, 0.1) is 12.0 Å². The number of fused-ring (bicyclic) bond motifs is 2. The first-order valence-electron chi connectivity index (χ1n) is 13.0. The van der Waals surface area contributed by atoms with Crippen molar-refractivity contribution in [1.82, 2.24) is 10.2 Å². The summed E-state index contributed by atoms with van der Waals surface area (Å²) >= 11 is 0. The third-order valence-electron chi connectivity index (χ3n) is 6.24. The van der Waals surface area contributed by atoms with Gasteiger partial charge in [0, 0.05) is 25.2 Å². The summed E-state index contributed by atoms with van der Waals surface area (Å²) < 4.78 is 16.9. The fraction of sp³-hybridized carbons (Fsp3) is 0.333. The van der Waals surface area contributed by atoms with Crippen LogP contribution in [0.3, 0.4) is 0 Å². The number of benzene rings is 3. The number of amides is 1. The van der Waals surface area contributed by atoms with Crippen LogP contribution in [0.25, 0.3) is 21.9 Å². The summed E-state index contributed by atoms with van der Waals surface area (Å²) in [7, 11) is 2.09. The Hall–Kier alpha value is -4.04. The maximum absolute atomic E-state index is 12.7. The maximum Gasteiger partial charge on any atom is 0.412 e. The zero-order valence-corrected chi connectivity index (χ0v) is 21.9. The molecular formula is C30H34N2O6. The quantitative estimate of drug-likeness (QED) is 0.180. The van der Waals surface area contributed by atoms with Gasteiger partial charge in [-0.3, -0.25) is 4.79 Å². The number of nitrogens with one attached hydrogen (secondary N) is 1. The van der Waals surface area contributed by atoms with Gasteiger partial charge in [0.1, 0.15) is 33.8 Å². The molecule has 0 unspecified atom stereocenters. The number of hydrogen-bond acceptors (Lipinski definition) is 7. The zero-order valence-electron chi connectivity index (χ0n) is 21.9. The lowest BCUT2D eigenvalue weighted by Crippen LogP contribution is -2.26. The van der Waals surface area contributed by atoms with E-state index in [0.717, 1.165) is 44.3 Å². The topological polar surface area (TPSA) is 101 Å². The first-order chi connectivity index (χ1) is 18.4. The van der Waals surface area contributed by atoms with Gasteiger partial charge in [-0.05, 0) is 63.2 Å². The molecule has 0 saturated carbocycles. The van der Waals surface area contributed by atoms with Gasteiger partial charge in [-0.15, -0.1) is 0 Å². The molecule has 8 nitrogen and oxygen atoms in total. The highest BCUT2D eigenvalue weighted by molar-refractivity contribution is 5.93.